The molecule has 0 bridgehead atoms. The zero-order valence-electron chi connectivity index (χ0n) is 21.0. The molecule has 0 nitrogen and oxygen atoms in total. The van der Waals surface area contributed by atoms with E-state index in [1.54, 1.807) is 0 Å². The standard InChI is InChI=1S/C29H56/c1-5-8-21-24-28(4)25-22-19-17-15-13-11-10-12-14-16-18-20-23-27-29(7-3)26-9-6-2/h28-29H,5-20,22-23,25-27H2,1-4H3. The van der Waals surface area contributed by atoms with Crippen LogP contribution in [0.4, 0.5) is 0 Å². The topological polar surface area (TPSA) is 0 Å². The molecule has 0 amide bonds. The summed E-state index contributed by atoms with van der Waals surface area (Å²) in [6.45, 7) is 9.20. The molecule has 0 aliphatic heterocycles. The summed E-state index contributed by atoms with van der Waals surface area (Å²) >= 11 is 0. The van der Waals surface area contributed by atoms with E-state index < -0.39 is 0 Å². The Kier molecular flexibility index (Phi) is 23.5. The van der Waals surface area contributed by atoms with E-state index in [-0.39, 0.29) is 0 Å². The van der Waals surface area contributed by atoms with Gasteiger partial charge in [-0.25, -0.2) is 0 Å². The van der Waals surface area contributed by atoms with Gasteiger partial charge in [0.25, 0.3) is 0 Å². The normalized spacial score (nSPS) is 13.1. The number of hydrogen-bond donors (Lipinski definition) is 0. The van der Waals surface area contributed by atoms with Crippen molar-refractivity contribution in [3.63, 3.8) is 0 Å². The average molecular weight is 405 g/mol. The third-order valence-corrected chi connectivity index (χ3v) is 6.52. The molecule has 0 N–H and O–H groups in total. The van der Waals surface area contributed by atoms with E-state index >= 15 is 0 Å². The molecule has 0 aromatic heterocycles. The first-order valence-electron chi connectivity index (χ1n) is 13.7. The zero-order chi connectivity index (χ0) is 21.4. The molecule has 0 aromatic rings. The Morgan fingerprint density at radius 3 is 1.41 bits per heavy atom. The first-order chi connectivity index (χ1) is 14.2. The van der Waals surface area contributed by atoms with Gasteiger partial charge in [0.05, 0.1) is 0 Å². The van der Waals surface area contributed by atoms with Crippen LogP contribution in [0.15, 0.2) is 0 Å². The van der Waals surface area contributed by atoms with Gasteiger partial charge in [-0.2, -0.15) is 0 Å². The molecule has 0 saturated heterocycles. The van der Waals surface area contributed by atoms with Crippen molar-refractivity contribution >= 4 is 0 Å². The van der Waals surface area contributed by atoms with Gasteiger partial charge in [-0.1, -0.05) is 143 Å². The summed E-state index contributed by atoms with van der Waals surface area (Å²) in [5.74, 6) is 8.31. The molecule has 2 atom stereocenters. The fourth-order valence-electron chi connectivity index (χ4n) is 4.32. The van der Waals surface area contributed by atoms with Crippen molar-refractivity contribution in [3.8, 4) is 11.8 Å². The van der Waals surface area contributed by atoms with Crippen LogP contribution in [0.1, 0.15) is 163 Å². The Balaban J connectivity index is 3.23. The maximum atomic E-state index is 3.39. The van der Waals surface area contributed by atoms with Crippen LogP contribution in [-0.4, -0.2) is 0 Å². The predicted molar refractivity (Wildman–Crippen MR) is 134 cm³/mol. The molecule has 0 saturated carbocycles. The monoisotopic (exact) mass is 404 g/mol. The molecule has 0 fully saturated rings. The van der Waals surface area contributed by atoms with Crippen LogP contribution in [0.5, 0.6) is 0 Å². The first kappa shape index (κ1) is 28.6. The number of hydrogen-bond acceptors (Lipinski definition) is 0. The highest BCUT2D eigenvalue weighted by atomic mass is 14.1. The fraction of sp³-hybridized carbons (Fsp3) is 0.931. The molecule has 0 heteroatoms. The highest BCUT2D eigenvalue weighted by Crippen LogP contribution is 2.21. The van der Waals surface area contributed by atoms with Gasteiger partial charge in [-0.3, -0.25) is 0 Å². The van der Waals surface area contributed by atoms with Gasteiger partial charge >= 0.3 is 0 Å². The Bertz CT molecular complexity index is 358. The Hall–Kier alpha value is -0.440. The first-order valence-corrected chi connectivity index (χ1v) is 13.7. The molecule has 0 aliphatic rings. The lowest BCUT2D eigenvalue weighted by molar-refractivity contribution is 0.399. The SMILES string of the molecule is CCCC#CC(C)CCCCCCCCCCCCCCCC(CC)CCCC. The summed E-state index contributed by atoms with van der Waals surface area (Å²) in [5.41, 5.74) is 0. The van der Waals surface area contributed by atoms with Crippen molar-refractivity contribution < 1.29 is 0 Å². The second-order valence-electron chi connectivity index (χ2n) is 9.56. The maximum Gasteiger partial charge on any atom is 0.0174 e. The Morgan fingerprint density at radius 1 is 0.517 bits per heavy atom. The van der Waals surface area contributed by atoms with Crippen molar-refractivity contribution in [2.45, 2.75) is 163 Å². The third-order valence-electron chi connectivity index (χ3n) is 6.52. The molecule has 2 unspecified atom stereocenters. The van der Waals surface area contributed by atoms with Crippen LogP contribution in [0.2, 0.25) is 0 Å². The molecule has 0 rings (SSSR count). The van der Waals surface area contributed by atoms with Crippen molar-refractivity contribution in [1.82, 2.24) is 0 Å². The van der Waals surface area contributed by atoms with E-state index in [2.05, 4.69) is 39.5 Å². The van der Waals surface area contributed by atoms with Crippen molar-refractivity contribution in [1.29, 1.82) is 0 Å². The molecule has 0 heterocycles. The van der Waals surface area contributed by atoms with E-state index in [0.29, 0.717) is 5.92 Å². The largest absolute Gasteiger partial charge is 0.103 e. The Labute approximate surface area is 186 Å². The van der Waals surface area contributed by atoms with E-state index in [0.717, 1.165) is 12.3 Å². The second kappa shape index (κ2) is 23.8. The van der Waals surface area contributed by atoms with E-state index in [9.17, 15) is 0 Å². The van der Waals surface area contributed by atoms with Crippen LogP contribution < -0.4 is 0 Å². The van der Waals surface area contributed by atoms with Gasteiger partial charge in [-0.05, 0) is 18.8 Å². The van der Waals surface area contributed by atoms with Gasteiger partial charge in [-0.15, -0.1) is 11.8 Å². The summed E-state index contributed by atoms with van der Waals surface area (Å²) in [5, 5.41) is 0. The third kappa shape index (κ3) is 22.1. The van der Waals surface area contributed by atoms with Gasteiger partial charge in [0.1, 0.15) is 0 Å². The minimum absolute atomic E-state index is 0.607. The highest BCUT2D eigenvalue weighted by molar-refractivity contribution is 5.01. The van der Waals surface area contributed by atoms with Crippen LogP contribution >= 0.6 is 0 Å². The van der Waals surface area contributed by atoms with Gasteiger partial charge < -0.3 is 0 Å². The molecule has 0 aliphatic carbocycles. The minimum atomic E-state index is 0.607. The molecule has 172 valence electrons. The van der Waals surface area contributed by atoms with Crippen molar-refractivity contribution in [2.75, 3.05) is 0 Å². The van der Waals surface area contributed by atoms with Crippen molar-refractivity contribution in [2.24, 2.45) is 11.8 Å². The molecular weight excluding hydrogens is 348 g/mol. The smallest absolute Gasteiger partial charge is 0.0174 e. The number of unbranched alkanes of at least 4 members (excludes halogenated alkanes) is 14. The van der Waals surface area contributed by atoms with Crippen molar-refractivity contribution in [3.05, 3.63) is 0 Å². The molecule has 0 spiro atoms. The van der Waals surface area contributed by atoms with Crippen LogP contribution in [0.25, 0.3) is 0 Å². The lowest BCUT2D eigenvalue weighted by atomic mass is 9.93. The second-order valence-corrected chi connectivity index (χ2v) is 9.56. The van der Waals surface area contributed by atoms with E-state index in [4.69, 9.17) is 0 Å². The fourth-order valence-corrected chi connectivity index (χ4v) is 4.32. The van der Waals surface area contributed by atoms with Crippen LogP contribution in [0, 0.1) is 23.7 Å². The van der Waals surface area contributed by atoms with Crippen LogP contribution in [0.3, 0.4) is 0 Å². The zero-order valence-corrected chi connectivity index (χ0v) is 21.0. The summed E-state index contributed by atoms with van der Waals surface area (Å²) < 4.78 is 0. The quantitative estimate of drug-likeness (QED) is 0.132. The van der Waals surface area contributed by atoms with E-state index in [1.807, 2.05) is 0 Å². The minimum Gasteiger partial charge on any atom is -0.103 e. The average Bonchev–Trinajstić information content (AvgIpc) is 2.73. The molecule has 0 aromatic carbocycles. The molecular formula is C29H56. The molecule has 0 radical (unpaired) electrons. The van der Waals surface area contributed by atoms with Gasteiger partial charge in [0, 0.05) is 12.3 Å². The van der Waals surface area contributed by atoms with Gasteiger partial charge in [0.2, 0.25) is 0 Å². The summed E-state index contributed by atoms with van der Waals surface area (Å²) in [4.78, 5) is 0. The highest BCUT2D eigenvalue weighted by Gasteiger charge is 2.05. The lowest BCUT2D eigenvalue weighted by Gasteiger charge is -2.13. The van der Waals surface area contributed by atoms with E-state index in [1.165, 1.54) is 128 Å². The Morgan fingerprint density at radius 2 is 0.966 bits per heavy atom. The predicted octanol–water partition coefficient (Wildman–Crippen LogP) is 10.5. The van der Waals surface area contributed by atoms with Crippen LogP contribution in [-0.2, 0) is 0 Å². The lowest BCUT2D eigenvalue weighted by Crippen LogP contribution is -1.98. The summed E-state index contributed by atoms with van der Waals surface area (Å²) in [6, 6.07) is 0. The number of rotatable bonds is 21. The van der Waals surface area contributed by atoms with Gasteiger partial charge in [0.15, 0.2) is 0 Å². The summed E-state index contributed by atoms with van der Waals surface area (Å²) in [6.07, 6.45) is 29.7. The molecule has 29 heavy (non-hydrogen) atoms. The summed E-state index contributed by atoms with van der Waals surface area (Å²) in [7, 11) is 0. The maximum absolute atomic E-state index is 3.39.